The summed E-state index contributed by atoms with van der Waals surface area (Å²) in [5, 5.41) is 12.8. The minimum Gasteiger partial charge on any atom is -0.459 e. The van der Waals surface area contributed by atoms with E-state index in [9.17, 15) is 4.79 Å². The Labute approximate surface area is 168 Å². The van der Waals surface area contributed by atoms with Crippen LogP contribution in [0.3, 0.4) is 0 Å². The van der Waals surface area contributed by atoms with Crippen molar-refractivity contribution in [2.75, 3.05) is 5.32 Å². The number of ether oxygens (including phenoxy) is 1. The van der Waals surface area contributed by atoms with Crippen LogP contribution in [0.5, 0.6) is 11.6 Å². The zero-order valence-electron chi connectivity index (χ0n) is 14.7. The number of carbonyl (C=O) groups is 1. The number of halogens is 1. The topological polar surface area (TPSA) is 128 Å². The predicted molar refractivity (Wildman–Crippen MR) is 101 cm³/mol. The number of hydrogen-bond acceptors (Lipinski definition) is 8. The monoisotopic (exact) mass is 412 g/mol. The van der Waals surface area contributed by atoms with Crippen molar-refractivity contribution in [1.82, 2.24) is 25.5 Å². The molecule has 0 bridgehead atoms. The molecule has 4 rings (SSSR count). The van der Waals surface area contributed by atoms with Crippen molar-refractivity contribution in [2.45, 2.75) is 6.54 Å². The number of furan rings is 1. The van der Waals surface area contributed by atoms with Gasteiger partial charge in [0.25, 0.3) is 5.89 Å². The summed E-state index contributed by atoms with van der Waals surface area (Å²) in [6.07, 6.45) is 2.97. The Hall–Kier alpha value is -3.92. The largest absolute Gasteiger partial charge is 0.459 e. The fourth-order valence-corrected chi connectivity index (χ4v) is 2.47. The summed E-state index contributed by atoms with van der Waals surface area (Å²) in [5.41, 5.74) is 0.721. The van der Waals surface area contributed by atoms with Crippen molar-refractivity contribution in [3.05, 3.63) is 65.8 Å². The van der Waals surface area contributed by atoms with E-state index in [1.165, 1.54) is 12.5 Å². The van der Waals surface area contributed by atoms with Crippen molar-refractivity contribution in [2.24, 2.45) is 0 Å². The van der Waals surface area contributed by atoms with E-state index < -0.39 is 6.03 Å². The highest BCUT2D eigenvalue weighted by atomic mass is 35.5. The average Bonchev–Trinajstić information content (AvgIpc) is 3.39. The molecule has 0 saturated carbocycles. The Balaban J connectivity index is 1.37. The predicted octanol–water partition coefficient (Wildman–Crippen LogP) is 3.89. The van der Waals surface area contributed by atoms with E-state index >= 15 is 0 Å². The van der Waals surface area contributed by atoms with E-state index in [-0.39, 0.29) is 23.7 Å². The molecular formula is C18H13ClN6O4. The van der Waals surface area contributed by atoms with Gasteiger partial charge >= 0.3 is 12.0 Å². The molecule has 2 amide bonds. The number of hydrogen-bond donors (Lipinski definition) is 2. The smallest absolute Gasteiger partial charge is 0.324 e. The van der Waals surface area contributed by atoms with Crippen LogP contribution >= 0.6 is 11.6 Å². The van der Waals surface area contributed by atoms with E-state index in [4.69, 9.17) is 25.2 Å². The molecule has 0 saturated heterocycles. The minimum atomic E-state index is -0.528. The molecule has 0 aliphatic heterocycles. The molecule has 10 nitrogen and oxygen atoms in total. The van der Waals surface area contributed by atoms with Gasteiger partial charge in [0.1, 0.15) is 5.75 Å². The Morgan fingerprint density at radius 1 is 1.14 bits per heavy atom. The van der Waals surface area contributed by atoms with Crippen molar-refractivity contribution in [3.8, 4) is 23.3 Å². The van der Waals surface area contributed by atoms with Crippen LogP contribution in [0.25, 0.3) is 11.7 Å². The molecule has 0 aliphatic carbocycles. The number of nitrogens with one attached hydrogen (secondary N) is 2. The lowest BCUT2D eigenvalue weighted by molar-refractivity contribution is 0.251. The van der Waals surface area contributed by atoms with Gasteiger partial charge in [0.05, 0.1) is 6.26 Å². The molecule has 0 aliphatic rings. The van der Waals surface area contributed by atoms with Crippen molar-refractivity contribution < 1.29 is 18.4 Å². The molecule has 0 radical (unpaired) electrons. The SMILES string of the molecule is O=C(NCc1ccccc1Oc1ccnc(Cl)n1)Nc1nnc(-c2ccco2)o1. The number of nitrogens with zero attached hydrogens (tertiary/aromatic N) is 4. The second-order valence-electron chi connectivity index (χ2n) is 5.57. The van der Waals surface area contributed by atoms with E-state index in [2.05, 4.69) is 30.8 Å². The van der Waals surface area contributed by atoms with Gasteiger partial charge in [0, 0.05) is 24.4 Å². The highest BCUT2D eigenvalue weighted by Gasteiger charge is 2.13. The van der Waals surface area contributed by atoms with Crippen LogP contribution in [0.15, 0.2) is 63.8 Å². The maximum Gasteiger partial charge on any atom is 0.324 e. The third kappa shape index (κ3) is 4.68. The van der Waals surface area contributed by atoms with E-state index in [1.807, 2.05) is 6.07 Å². The summed E-state index contributed by atoms with van der Waals surface area (Å²) in [6, 6.07) is 11.5. The normalized spacial score (nSPS) is 10.5. The Morgan fingerprint density at radius 2 is 2.03 bits per heavy atom. The van der Waals surface area contributed by atoms with Crippen LogP contribution in [0.1, 0.15) is 5.56 Å². The number of benzene rings is 1. The summed E-state index contributed by atoms with van der Waals surface area (Å²) >= 11 is 5.77. The van der Waals surface area contributed by atoms with Gasteiger partial charge in [0.2, 0.25) is 11.2 Å². The summed E-state index contributed by atoms with van der Waals surface area (Å²) in [5.74, 6) is 1.37. The summed E-state index contributed by atoms with van der Waals surface area (Å²) in [7, 11) is 0. The zero-order valence-corrected chi connectivity index (χ0v) is 15.5. The average molecular weight is 413 g/mol. The molecule has 11 heteroatoms. The van der Waals surface area contributed by atoms with Gasteiger partial charge in [-0.2, -0.15) is 4.98 Å². The van der Waals surface area contributed by atoms with Gasteiger partial charge in [-0.1, -0.05) is 23.3 Å². The Kier molecular flexibility index (Phi) is 5.34. The minimum absolute atomic E-state index is 0.0611. The van der Waals surface area contributed by atoms with Gasteiger partial charge in [0.15, 0.2) is 5.76 Å². The molecule has 2 N–H and O–H groups in total. The van der Waals surface area contributed by atoms with Crippen LogP contribution < -0.4 is 15.4 Å². The highest BCUT2D eigenvalue weighted by Crippen LogP contribution is 2.24. The van der Waals surface area contributed by atoms with Gasteiger partial charge in [-0.15, -0.1) is 5.10 Å². The number of amides is 2. The maximum atomic E-state index is 12.1. The number of anilines is 1. The summed E-state index contributed by atoms with van der Waals surface area (Å²) in [6.45, 7) is 0.181. The zero-order chi connectivity index (χ0) is 20.1. The number of para-hydroxylation sites is 1. The Morgan fingerprint density at radius 3 is 2.86 bits per heavy atom. The van der Waals surface area contributed by atoms with Crippen LogP contribution in [0.4, 0.5) is 10.8 Å². The molecule has 0 spiro atoms. The van der Waals surface area contributed by atoms with Crippen LogP contribution in [-0.2, 0) is 6.54 Å². The fourth-order valence-electron chi connectivity index (χ4n) is 2.33. The van der Waals surface area contributed by atoms with Crippen molar-refractivity contribution >= 4 is 23.6 Å². The molecule has 4 aromatic rings. The second kappa shape index (κ2) is 8.40. The summed E-state index contributed by atoms with van der Waals surface area (Å²) in [4.78, 5) is 19.9. The highest BCUT2D eigenvalue weighted by molar-refractivity contribution is 6.28. The molecule has 0 fully saturated rings. The molecule has 0 atom stereocenters. The molecule has 29 heavy (non-hydrogen) atoms. The molecule has 1 aromatic carbocycles. The molecule has 146 valence electrons. The first-order valence-electron chi connectivity index (χ1n) is 8.34. The van der Waals surface area contributed by atoms with E-state index in [0.29, 0.717) is 17.4 Å². The van der Waals surface area contributed by atoms with Gasteiger partial charge in [-0.05, 0) is 29.8 Å². The lowest BCUT2D eigenvalue weighted by Crippen LogP contribution is -2.28. The van der Waals surface area contributed by atoms with Crippen LogP contribution in [0, 0.1) is 0 Å². The number of aromatic nitrogens is 4. The van der Waals surface area contributed by atoms with E-state index in [0.717, 1.165) is 5.56 Å². The number of carbonyl (C=O) groups excluding carboxylic acids is 1. The molecule has 0 unspecified atom stereocenters. The number of rotatable bonds is 6. The third-order valence-corrected chi connectivity index (χ3v) is 3.79. The van der Waals surface area contributed by atoms with Crippen molar-refractivity contribution in [1.29, 1.82) is 0 Å². The quantitative estimate of drug-likeness (QED) is 0.456. The maximum absolute atomic E-state index is 12.1. The standard InChI is InChI=1S/C18H13ClN6O4/c19-16-20-8-7-14(22-16)28-12-5-2-1-4-11(12)10-21-17(26)23-18-25-24-15(29-18)13-6-3-9-27-13/h1-9H,10H2,(H2,21,23,25,26). The Bertz CT molecular complexity index is 1120. The van der Waals surface area contributed by atoms with Gasteiger partial charge < -0.3 is 18.9 Å². The number of urea groups is 1. The first kappa shape index (κ1) is 18.4. The van der Waals surface area contributed by atoms with Crippen LogP contribution in [0.2, 0.25) is 5.28 Å². The van der Waals surface area contributed by atoms with E-state index in [1.54, 1.807) is 36.4 Å². The van der Waals surface area contributed by atoms with Gasteiger partial charge in [-0.25, -0.2) is 9.78 Å². The first-order chi connectivity index (χ1) is 14.2. The summed E-state index contributed by atoms with van der Waals surface area (Å²) < 4.78 is 16.2. The molecular weight excluding hydrogens is 400 g/mol. The fraction of sp³-hybridized carbons (Fsp3) is 0.0556. The first-order valence-corrected chi connectivity index (χ1v) is 8.72. The lowest BCUT2D eigenvalue weighted by atomic mass is 10.2. The lowest BCUT2D eigenvalue weighted by Gasteiger charge is -2.11. The third-order valence-electron chi connectivity index (χ3n) is 3.60. The van der Waals surface area contributed by atoms with Crippen LogP contribution in [-0.4, -0.2) is 26.2 Å². The van der Waals surface area contributed by atoms with Crippen molar-refractivity contribution in [3.63, 3.8) is 0 Å². The second-order valence-corrected chi connectivity index (χ2v) is 5.91. The van der Waals surface area contributed by atoms with Gasteiger partial charge in [-0.3, -0.25) is 5.32 Å². The molecule has 3 aromatic heterocycles. The molecule has 3 heterocycles.